The molecule has 4 heteroatoms. The lowest BCUT2D eigenvalue weighted by Crippen LogP contribution is -2.48. The number of hydrogen-bond acceptors (Lipinski definition) is 3. The van der Waals surface area contributed by atoms with Gasteiger partial charge in [-0.05, 0) is 13.5 Å². The van der Waals surface area contributed by atoms with Crippen molar-refractivity contribution in [1.82, 2.24) is 14.7 Å². The lowest BCUT2D eigenvalue weighted by molar-refractivity contribution is -0.130. The molecular weight excluding hydrogens is 202 g/mol. The molecular formula is C12H21N3O. The van der Waals surface area contributed by atoms with E-state index >= 15 is 0 Å². The molecule has 2 rings (SSSR count). The van der Waals surface area contributed by atoms with Gasteiger partial charge in [0.05, 0.1) is 0 Å². The predicted octanol–water partition coefficient (Wildman–Crippen LogP) is 0.370. The third-order valence-electron chi connectivity index (χ3n) is 3.52. The van der Waals surface area contributed by atoms with E-state index < -0.39 is 0 Å². The summed E-state index contributed by atoms with van der Waals surface area (Å²) in [7, 11) is 2.15. The van der Waals surface area contributed by atoms with Gasteiger partial charge in [0, 0.05) is 51.9 Å². The molecule has 16 heavy (non-hydrogen) atoms. The van der Waals surface area contributed by atoms with E-state index in [-0.39, 0.29) is 5.91 Å². The molecule has 0 saturated carbocycles. The Kier molecular flexibility index (Phi) is 3.49. The van der Waals surface area contributed by atoms with Crippen molar-refractivity contribution in [2.24, 2.45) is 0 Å². The number of hydrogen-bond donors (Lipinski definition) is 0. The zero-order chi connectivity index (χ0) is 11.5. The van der Waals surface area contributed by atoms with Gasteiger partial charge in [-0.1, -0.05) is 6.08 Å². The smallest absolute Gasteiger partial charge is 0.219 e. The van der Waals surface area contributed by atoms with Crippen LogP contribution in [0.2, 0.25) is 0 Å². The van der Waals surface area contributed by atoms with Gasteiger partial charge in [-0.25, -0.2) is 0 Å². The lowest BCUT2D eigenvalue weighted by atomic mass is 10.1. The highest BCUT2D eigenvalue weighted by atomic mass is 16.2. The molecule has 4 nitrogen and oxygen atoms in total. The second kappa shape index (κ2) is 4.87. The third kappa shape index (κ3) is 2.55. The van der Waals surface area contributed by atoms with Gasteiger partial charge in [-0.2, -0.15) is 0 Å². The highest BCUT2D eigenvalue weighted by Gasteiger charge is 2.21. The maximum absolute atomic E-state index is 11.2. The monoisotopic (exact) mass is 223 g/mol. The van der Waals surface area contributed by atoms with Crippen LogP contribution in [-0.2, 0) is 4.79 Å². The van der Waals surface area contributed by atoms with Gasteiger partial charge in [-0.15, -0.1) is 0 Å². The van der Waals surface area contributed by atoms with E-state index in [4.69, 9.17) is 0 Å². The van der Waals surface area contributed by atoms with E-state index in [0.29, 0.717) is 0 Å². The minimum atomic E-state index is 0.206. The molecule has 0 aromatic heterocycles. The van der Waals surface area contributed by atoms with E-state index in [1.165, 1.54) is 5.70 Å². The van der Waals surface area contributed by atoms with E-state index in [9.17, 15) is 4.79 Å². The molecule has 0 N–H and O–H groups in total. The summed E-state index contributed by atoms with van der Waals surface area (Å²) in [4.78, 5) is 17.9. The van der Waals surface area contributed by atoms with Gasteiger partial charge in [0.2, 0.25) is 5.91 Å². The van der Waals surface area contributed by atoms with Crippen LogP contribution >= 0.6 is 0 Å². The quantitative estimate of drug-likeness (QED) is 0.642. The predicted molar refractivity (Wildman–Crippen MR) is 64.0 cm³/mol. The highest BCUT2D eigenvalue weighted by Crippen LogP contribution is 2.16. The van der Waals surface area contributed by atoms with Crippen LogP contribution in [0.3, 0.4) is 0 Å². The summed E-state index contributed by atoms with van der Waals surface area (Å²) >= 11 is 0. The molecule has 0 radical (unpaired) electrons. The largest absolute Gasteiger partial charge is 0.371 e. The van der Waals surface area contributed by atoms with Crippen LogP contribution in [0.5, 0.6) is 0 Å². The molecule has 1 saturated heterocycles. The number of amides is 1. The summed E-state index contributed by atoms with van der Waals surface area (Å²) in [6.07, 6.45) is 3.48. The lowest BCUT2D eigenvalue weighted by Gasteiger charge is -2.38. The Bertz CT molecular complexity index is 293. The van der Waals surface area contributed by atoms with Crippen molar-refractivity contribution in [3.63, 3.8) is 0 Å². The molecule has 2 aliphatic heterocycles. The Morgan fingerprint density at radius 3 is 2.38 bits per heavy atom. The summed E-state index contributed by atoms with van der Waals surface area (Å²) in [6.45, 7) is 7.61. The minimum absolute atomic E-state index is 0.206. The number of piperazine rings is 1. The zero-order valence-corrected chi connectivity index (χ0v) is 10.3. The Morgan fingerprint density at radius 1 is 1.19 bits per heavy atom. The average molecular weight is 223 g/mol. The van der Waals surface area contributed by atoms with Crippen molar-refractivity contribution in [2.45, 2.75) is 13.3 Å². The van der Waals surface area contributed by atoms with Gasteiger partial charge in [-0.3, -0.25) is 4.79 Å². The Hall–Kier alpha value is -1.03. The van der Waals surface area contributed by atoms with Crippen molar-refractivity contribution in [3.05, 3.63) is 11.8 Å². The second-order valence-corrected chi connectivity index (χ2v) is 4.70. The van der Waals surface area contributed by atoms with Crippen LogP contribution in [0.15, 0.2) is 11.8 Å². The van der Waals surface area contributed by atoms with Crippen molar-refractivity contribution < 1.29 is 4.79 Å². The molecule has 0 aromatic rings. The van der Waals surface area contributed by atoms with Crippen molar-refractivity contribution in [1.29, 1.82) is 0 Å². The van der Waals surface area contributed by atoms with E-state index in [2.05, 4.69) is 22.9 Å². The van der Waals surface area contributed by atoms with Crippen molar-refractivity contribution in [2.75, 3.05) is 46.3 Å². The number of carbonyl (C=O) groups is 1. The molecule has 90 valence electrons. The van der Waals surface area contributed by atoms with Crippen LogP contribution in [0.4, 0.5) is 0 Å². The first-order chi connectivity index (χ1) is 7.66. The first-order valence-electron chi connectivity index (χ1n) is 6.05. The van der Waals surface area contributed by atoms with Crippen molar-refractivity contribution in [3.8, 4) is 0 Å². The summed E-state index contributed by atoms with van der Waals surface area (Å²) < 4.78 is 0. The van der Waals surface area contributed by atoms with Crippen LogP contribution in [0, 0.1) is 0 Å². The SMILES string of the molecule is CC(=O)N1CCN(C2=CCN(C)CC2)CC1. The molecule has 0 atom stereocenters. The molecule has 1 amide bonds. The normalized spacial score (nSPS) is 23.2. The minimum Gasteiger partial charge on any atom is -0.371 e. The van der Waals surface area contributed by atoms with Gasteiger partial charge in [0.1, 0.15) is 0 Å². The maximum Gasteiger partial charge on any atom is 0.219 e. The molecule has 2 aliphatic rings. The van der Waals surface area contributed by atoms with Crippen LogP contribution in [0.1, 0.15) is 13.3 Å². The molecule has 2 heterocycles. The Labute approximate surface area is 97.5 Å². The standard InChI is InChI=1S/C12H21N3O/c1-11(16)14-7-9-15(10-8-14)12-3-5-13(2)6-4-12/h3H,4-10H2,1-2H3. The Balaban J connectivity index is 1.87. The maximum atomic E-state index is 11.2. The van der Waals surface area contributed by atoms with Crippen LogP contribution in [-0.4, -0.2) is 66.9 Å². The fraction of sp³-hybridized carbons (Fsp3) is 0.750. The van der Waals surface area contributed by atoms with E-state index in [0.717, 1.165) is 45.7 Å². The van der Waals surface area contributed by atoms with Gasteiger partial charge in [0.15, 0.2) is 0 Å². The summed E-state index contributed by atoms with van der Waals surface area (Å²) in [5, 5.41) is 0. The fourth-order valence-corrected chi connectivity index (χ4v) is 2.36. The molecule has 0 unspecified atom stereocenters. The molecule has 0 spiro atoms. The summed E-state index contributed by atoms with van der Waals surface area (Å²) in [5.74, 6) is 0.206. The van der Waals surface area contributed by atoms with Crippen molar-refractivity contribution >= 4 is 5.91 Å². The molecule has 0 bridgehead atoms. The zero-order valence-electron chi connectivity index (χ0n) is 10.3. The summed E-state index contributed by atoms with van der Waals surface area (Å²) in [6, 6.07) is 0. The molecule has 0 aromatic carbocycles. The number of nitrogens with zero attached hydrogens (tertiary/aromatic N) is 3. The van der Waals surface area contributed by atoms with E-state index in [1.54, 1.807) is 6.92 Å². The topological polar surface area (TPSA) is 26.8 Å². The van der Waals surface area contributed by atoms with Gasteiger partial charge in [0.25, 0.3) is 0 Å². The third-order valence-corrected chi connectivity index (χ3v) is 3.52. The molecule has 1 fully saturated rings. The number of likely N-dealkylation sites (N-methyl/N-ethyl adjacent to an activating group) is 1. The fourth-order valence-electron chi connectivity index (χ4n) is 2.36. The van der Waals surface area contributed by atoms with Gasteiger partial charge >= 0.3 is 0 Å². The van der Waals surface area contributed by atoms with Gasteiger partial charge < -0.3 is 14.7 Å². The first-order valence-corrected chi connectivity index (χ1v) is 6.05. The highest BCUT2D eigenvalue weighted by molar-refractivity contribution is 5.73. The number of rotatable bonds is 1. The molecule has 0 aliphatic carbocycles. The Morgan fingerprint density at radius 2 is 1.88 bits per heavy atom. The second-order valence-electron chi connectivity index (χ2n) is 4.70. The van der Waals surface area contributed by atoms with Crippen LogP contribution < -0.4 is 0 Å². The summed E-state index contributed by atoms with van der Waals surface area (Å²) in [5.41, 5.74) is 1.47. The van der Waals surface area contributed by atoms with E-state index in [1.807, 2.05) is 4.90 Å². The first kappa shape index (κ1) is 11.5. The average Bonchev–Trinajstić information content (AvgIpc) is 2.30. The number of carbonyl (C=O) groups excluding carboxylic acids is 1. The van der Waals surface area contributed by atoms with Crippen LogP contribution in [0.25, 0.3) is 0 Å².